The Balaban J connectivity index is 2.41. The molecule has 21 heavy (non-hydrogen) atoms. The number of hydrogen-bond acceptors (Lipinski definition) is 4. The number of hydrogen-bond donors (Lipinski definition) is 1. The average Bonchev–Trinajstić information content (AvgIpc) is 2.37. The number of rotatable bonds is 4. The molecule has 2 aromatic carbocycles. The average molecular weight is 356 g/mol. The van der Waals surface area contributed by atoms with Gasteiger partial charge in [0.2, 0.25) is 5.75 Å². The third-order valence-corrected chi connectivity index (χ3v) is 3.18. The van der Waals surface area contributed by atoms with Crippen LogP contribution in [0.25, 0.3) is 0 Å². The fourth-order valence-corrected chi connectivity index (χ4v) is 2.18. The zero-order valence-corrected chi connectivity index (χ0v) is 12.5. The Labute approximate surface area is 128 Å². The standard InChI is InChI=1S/C14H11BrFNO4/c1-8(18)9-2-3-14(13(4-9)17(19)20)21-12-6-10(15)5-11(16)7-12/h2-8,18H,1H3/t8-/m0/s1. The Kier molecular flexibility index (Phi) is 4.54. The van der Waals surface area contributed by atoms with E-state index >= 15 is 0 Å². The SMILES string of the molecule is C[C@H](O)c1ccc(Oc2cc(F)cc(Br)c2)c([N+](=O)[O-])c1. The van der Waals surface area contributed by atoms with Gasteiger partial charge in [-0.3, -0.25) is 10.1 Å². The number of aliphatic hydroxyl groups excluding tert-OH is 1. The number of ether oxygens (including phenoxy) is 1. The summed E-state index contributed by atoms with van der Waals surface area (Å²) < 4.78 is 19.1. The summed E-state index contributed by atoms with van der Waals surface area (Å²) >= 11 is 3.12. The number of halogens is 2. The molecular weight excluding hydrogens is 345 g/mol. The third kappa shape index (κ3) is 3.77. The Morgan fingerprint density at radius 3 is 2.62 bits per heavy atom. The van der Waals surface area contributed by atoms with Gasteiger partial charge < -0.3 is 9.84 Å². The molecule has 0 amide bonds. The van der Waals surface area contributed by atoms with Gasteiger partial charge in [0, 0.05) is 16.6 Å². The van der Waals surface area contributed by atoms with Gasteiger partial charge in [-0.15, -0.1) is 0 Å². The Bertz CT molecular complexity index is 670. The van der Waals surface area contributed by atoms with Crippen LogP contribution in [-0.4, -0.2) is 10.0 Å². The van der Waals surface area contributed by atoms with Gasteiger partial charge in [0.15, 0.2) is 0 Å². The van der Waals surface area contributed by atoms with Crippen molar-refractivity contribution in [1.82, 2.24) is 0 Å². The molecule has 0 fully saturated rings. The minimum Gasteiger partial charge on any atom is -0.450 e. The molecule has 110 valence electrons. The van der Waals surface area contributed by atoms with E-state index in [4.69, 9.17) is 4.74 Å². The molecule has 0 aliphatic carbocycles. The van der Waals surface area contributed by atoms with E-state index in [0.717, 1.165) is 6.07 Å². The van der Waals surface area contributed by atoms with Gasteiger partial charge in [-0.2, -0.15) is 0 Å². The van der Waals surface area contributed by atoms with E-state index in [0.29, 0.717) is 10.0 Å². The van der Waals surface area contributed by atoms with Crippen LogP contribution in [0.5, 0.6) is 11.5 Å². The highest BCUT2D eigenvalue weighted by Crippen LogP contribution is 2.34. The van der Waals surface area contributed by atoms with Crippen LogP contribution in [0.15, 0.2) is 40.9 Å². The zero-order valence-electron chi connectivity index (χ0n) is 10.9. The van der Waals surface area contributed by atoms with Gasteiger partial charge in [-0.05, 0) is 30.7 Å². The normalized spacial score (nSPS) is 12.0. The lowest BCUT2D eigenvalue weighted by molar-refractivity contribution is -0.385. The lowest BCUT2D eigenvalue weighted by Gasteiger charge is -2.09. The Hall–Kier alpha value is -1.99. The molecule has 0 saturated heterocycles. The fraction of sp³-hybridized carbons (Fsp3) is 0.143. The van der Waals surface area contributed by atoms with E-state index in [2.05, 4.69) is 15.9 Å². The van der Waals surface area contributed by atoms with Gasteiger partial charge in [-0.1, -0.05) is 22.0 Å². The number of nitrogens with zero attached hydrogens (tertiary/aromatic N) is 1. The largest absolute Gasteiger partial charge is 0.450 e. The molecule has 0 saturated carbocycles. The van der Waals surface area contributed by atoms with Crippen LogP contribution in [-0.2, 0) is 0 Å². The summed E-state index contributed by atoms with van der Waals surface area (Å²) in [5.74, 6) is -0.417. The first-order valence-corrected chi connectivity index (χ1v) is 6.76. The second-order valence-electron chi connectivity index (χ2n) is 4.37. The second-order valence-corrected chi connectivity index (χ2v) is 5.28. The zero-order chi connectivity index (χ0) is 15.6. The minimum absolute atomic E-state index is 0.0260. The molecule has 1 atom stereocenters. The van der Waals surface area contributed by atoms with Crippen molar-refractivity contribution in [3.05, 3.63) is 62.4 Å². The maximum atomic E-state index is 13.3. The van der Waals surface area contributed by atoms with Crippen LogP contribution >= 0.6 is 15.9 Å². The second kappa shape index (κ2) is 6.19. The highest BCUT2D eigenvalue weighted by molar-refractivity contribution is 9.10. The van der Waals surface area contributed by atoms with Crippen LogP contribution in [0.1, 0.15) is 18.6 Å². The molecule has 0 aliphatic rings. The number of benzene rings is 2. The van der Waals surface area contributed by atoms with E-state index in [1.54, 1.807) is 0 Å². The first-order valence-electron chi connectivity index (χ1n) is 5.97. The first kappa shape index (κ1) is 15.4. The van der Waals surface area contributed by atoms with Gasteiger partial charge in [0.25, 0.3) is 0 Å². The van der Waals surface area contributed by atoms with Crippen molar-refractivity contribution >= 4 is 21.6 Å². The molecule has 2 aromatic rings. The van der Waals surface area contributed by atoms with Gasteiger partial charge >= 0.3 is 5.69 Å². The van der Waals surface area contributed by atoms with E-state index in [-0.39, 0.29) is 17.2 Å². The summed E-state index contributed by atoms with van der Waals surface area (Å²) in [6, 6.07) is 7.99. The molecule has 7 heteroatoms. The summed E-state index contributed by atoms with van der Waals surface area (Å²) in [6.07, 6.45) is -0.832. The van der Waals surface area contributed by atoms with Crippen LogP contribution in [0.3, 0.4) is 0 Å². The minimum atomic E-state index is -0.832. The van der Waals surface area contributed by atoms with E-state index in [9.17, 15) is 19.6 Å². The van der Waals surface area contributed by atoms with Crippen LogP contribution in [0.4, 0.5) is 10.1 Å². The molecule has 0 aromatic heterocycles. The molecule has 5 nitrogen and oxygen atoms in total. The van der Waals surface area contributed by atoms with E-state index in [1.807, 2.05) is 0 Å². The number of aliphatic hydroxyl groups is 1. The van der Waals surface area contributed by atoms with Crippen molar-refractivity contribution in [3.63, 3.8) is 0 Å². The maximum Gasteiger partial charge on any atom is 0.311 e. The smallest absolute Gasteiger partial charge is 0.311 e. The van der Waals surface area contributed by atoms with Gasteiger partial charge in [-0.25, -0.2) is 4.39 Å². The molecule has 0 unspecified atom stereocenters. The number of nitro groups is 1. The van der Waals surface area contributed by atoms with Gasteiger partial charge in [0.1, 0.15) is 11.6 Å². The summed E-state index contributed by atoms with van der Waals surface area (Å²) in [5, 5.41) is 20.5. The lowest BCUT2D eigenvalue weighted by atomic mass is 10.1. The molecule has 1 N–H and O–H groups in total. The van der Waals surface area contributed by atoms with E-state index in [1.165, 1.54) is 37.3 Å². The van der Waals surface area contributed by atoms with Crippen molar-refractivity contribution in [2.75, 3.05) is 0 Å². The van der Waals surface area contributed by atoms with Crippen molar-refractivity contribution in [2.24, 2.45) is 0 Å². The molecule has 0 bridgehead atoms. The monoisotopic (exact) mass is 355 g/mol. The van der Waals surface area contributed by atoms with Crippen LogP contribution in [0.2, 0.25) is 0 Å². The molecule has 0 heterocycles. The third-order valence-electron chi connectivity index (χ3n) is 2.73. The molecule has 0 radical (unpaired) electrons. The summed E-state index contributed by atoms with van der Waals surface area (Å²) in [6.45, 7) is 1.50. The fourth-order valence-electron chi connectivity index (χ4n) is 1.74. The highest BCUT2D eigenvalue weighted by atomic mass is 79.9. The van der Waals surface area contributed by atoms with Gasteiger partial charge in [0.05, 0.1) is 11.0 Å². The van der Waals surface area contributed by atoms with Crippen LogP contribution < -0.4 is 4.74 Å². The van der Waals surface area contributed by atoms with E-state index < -0.39 is 16.8 Å². The predicted molar refractivity (Wildman–Crippen MR) is 77.9 cm³/mol. The quantitative estimate of drug-likeness (QED) is 0.653. The van der Waals surface area contributed by atoms with Crippen molar-refractivity contribution in [1.29, 1.82) is 0 Å². The van der Waals surface area contributed by atoms with Crippen molar-refractivity contribution < 1.29 is 19.2 Å². The molecule has 0 aliphatic heterocycles. The predicted octanol–water partition coefficient (Wildman–Crippen LogP) is 4.34. The Morgan fingerprint density at radius 2 is 2.05 bits per heavy atom. The maximum absolute atomic E-state index is 13.3. The summed E-state index contributed by atoms with van der Waals surface area (Å²) in [7, 11) is 0. The highest BCUT2D eigenvalue weighted by Gasteiger charge is 2.18. The first-order chi connectivity index (χ1) is 9.86. The molecule has 0 spiro atoms. The Morgan fingerprint density at radius 1 is 1.33 bits per heavy atom. The number of nitro benzene ring substituents is 1. The lowest BCUT2D eigenvalue weighted by Crippen LogP contribution is -1.97. The molecular formula is C14H11BrFNO4. The summed E-state index contributed by atoms with van der Waals surface area (Å²) in [5.41, 5.74) is 0.100. The van der Waals surface area contributed by atoms with Crippen molar-refractivity contribution in [3.8, 4) is 11.5 Å². The van der Waals surface area contributed by atoms with Crippen LogP contribution in [0, 0.1) is 15.9 Å². The molecule has 2 rings (SSSR count). The summed E-state index contributed by atoms with van der Waals surface area (Å²) in [4.78, 5) is 10.5. The van der Waals surface area contributed by atoms with Crippen molar-refractivity contribution in [2.45, 2.75) is 13.0 Å². The topological polar surface area (TPSA) is 72.6 Å².